The number of likely N-dealkylation sites (tertiary alicyclic amines) is 1. The number of carbonyl (C=O) groups excluding carboxylic acids is 1. The number of piperidine rings is 1. The fraction of sp³-hybridized carbons (Fsp3) is 0.700. The lowest BCUT2D eigenvalue weighted by molar-refractivity contribution is -0.129. The summed E-state index contributed by atoms with van der Waals surface area (Å²) in [6, 6.07) is 0.136. The van der Waals surface area contributed by atoms with Gasteiger partial charge < -0.3 is 10.6 Å². The average molecular weight is 180 g/mol. The summed E-state index contributed by atoms with van der Waals surface area (Å²) in [5.41, 5.74) is 5.61. The Hall–Kier alpha value is -1.01. The first-order valence-electron chi connectivity index (χ1n) is 4.68. The Bertz CT molecular complexity index is 232. The lowest BCUT2D eigenvalue weighted by atomic mass is 9.91. The number of hydrogen-bond donors (Lipinski definition) is 1. The van der Waals surface area contributed by atoms with Crippen LogP contribution in [0, 0.1) is 18.3 Å². The minimum atomic E-state index is -0.220. The molecule has 1 aliphatic heterocycles. The van der Waals surface area contributed by atoms with Crippen molar-refractivity contribution in [3.05, 3.63) is 0 Å². The van der Waals surface area contributed by atoms with Crippen LogP contribution >= 0.6 is 0 Å². The summed E-state index contributed by atoms with van der Waals surface area (Å²) >= 11 is 0. The fourth-order valence-corrected chi connectivity index (χ4v) is 1.94. The van der Waals surface area contributed by atoms with Gasteiger partial charge in [-0.25, -0.2) is 0 Å². The van der Waals surface area contributed by atoms with E-state index in [9.17, 15) is 4.79 Å². The third kappa shape index (κ3) is 2.02. The molecule has 1 aliphatic rings. The molecular formula is C10H16N2O. The molecule has 0 radical (unpaired) electrons. The Kier molecular flexibility index (Phi) is 3.32. The Morgan fingerprint density at radius 1 is 1.77 bits per heavy atom. The van der Waals surface area contributed by atoms with Crippen molar-refractivity contribution in [2.75, 3.05) is 13.1 Å². The van der Waals surface area contributed by atoms with E-state index in [1.54, 1.807) is 4.90 Å². The van der Waals surface area contributed by atoms with Crippen molar-refractivity contribution in [3.63, 3.8) is 0 Å². The molecule has 2 atom stereocenters. The molecule has 3 nitrogen and oxygen atoms in total. The van der Waals surface area contributed by atoms with Crippen molar-refractivity contribution in [2.24, 2.45) is 11.7 Å². The molecule has 0 spiro atoms. The number of nitrogens with zero attached hydrogens (tertiary/aromatic N) is 1. The summed E-state index contributed by atoms with van der Waals surface area (Å²) in [5.74, 6) is 2.40. The van der Waals surface area contributed by atoms with Crippen molar-refractivity contribution in [1.82, 2.24) is 4.90 Å². The van der Waals surface area contributed by atoms with E-state index in [0.29, 0.717) is 12.5 Å². The predicted octanol–water partition coefficient (Wildman–Crippen LogP) is 0.205. The molecule has 2 N–H and O–H groups in total. The zero-order chi connectivity index (χ0) is 9.84. The first-order valence-corrected chi connectivity index (χ1v) is 4.68. The zero-order valence-electron chi connectivity index (χ0n) is 7.99. The van der Waals surface area contributed by atoms with Gasteiger partial charge in [0.25, 0.3) is 5.91 Å². The highest BCUT2D eigenvalue weighted by atomic mass is 16.2. The van der Waals surface area contributed by atoms with Crippen LogP contribution in [-0.4, -0.2) is 29.9 Å². The molecule has 0 saturated carbocycles. The van der Waals surface area contributed by atoms with Crippen molar-refractivity contribution < 1.29 is 4.79 Å². The molecule has 0 aromatic rings. The van der Waals surface area contributed by atoms with E-state index in [0.717, 1.165) is 19.4 Å². The second-order valence-electron chi connectivity index (χ2n) is 3.57. The second kappa shape index (κ2) is 4.29. The molecule has 13 heavy (non-hydrogen) atoms. The number of nitrogens with two attached hydrogens (primary N) is 1. The topological polar surface area (TPSA) is 46.3 Å². The summed E-state index contributed by atoms with van der Waals surface area (Å²) in [5, 5.41) is 0. The second-order valence-corrected chi connectivity index (χ2v) is 3.57. The minimum absolute atomic E-state index is 0.136. The molecule has 0 aromatic heterocycles. The highest BCUT2D eigenvalue weighted by molar-refractivity contribution is 5.93. The van der Waals surface area contributed by atoms with Gasteiger partial charge in [0.05, 0.1) is 0 Å². The van der Waals surface area contributed by atoms with E-state index in [4.69, 9.17) is 12.2 Å². The molecule has 1 amide bonds. The van der Waals surface area contributed by atoms with Gasteiger partial charge in [-0.05, 0) is 24.7 Å². The number of carbonyl (C=O) groups is 1. The van der Waals surface area contributed by atoms with Gasteiger partial charge in [-0.1, -0.05) is 6.92 Å². The van der Waals surface area contributed by atoms with Crippen LogP contribution in [0.1, 0.15) is 19.8 Å². The molecule has 0 aliphatic carbocycles. The van der Waals surface area contributed by atoms with Crippen LogP contribution in [0.4, 0.5) is 0 Å². The highest BCUT2D eigenvalue weighted by Crippen LogP contribution is 2.22. The van der Waals surface area contributed by atoms with E-state index in [1.165, 1.54) is 0 Å². The van der Waals surface area contributed by atoms with Crippen LogP contribution in [0.5, 0.6) is 0 Å². The van der Waals surface area contributed by atoms with E-state index >= 15 is 0 Å². The Morgan fingerprint density at radius 3 is 3.00 bits per heavy atom. The maximum Gasteiger partial charge on any atom is 0.298 e. The Labute approximate surface area is 79.3 Å². The molecule has 1 heterocycles. The molecule has 2 unspecified atom stereocenters. The molecule has 3 heteroatoms. The average Bonchev–Trinajstić information content (AvgIpc) is 2.16. The number of hydrogen-bond acceptors (Lipinski definition) is 2. The lowest BCUT2D eigenvalue weighted by Gasteiger charge is -2.38. The van der Waals surface area contributed by atoms with E-state index in [-0.39, 0.29) is 11.9 Å². The van der Waals surface area contributed by atoms with Crippen molar-refractivity contribution in [1.29, 1.82) is 0 Å². The van der Waals surface area contributed by atoms with E-state index in [1.807, 2.05) is 0 Å². The van der Waals surface area contributed by atoms with E-state index in [2.05, 4.69) is 12.8 Å². The molecule has 72 valence electrons. The van der Waals surface area contributed by atoms with Gasteiger partial charge in [-0.15, -0.1) is 6.42 Å². The largest absolute Gasteiger partial charge is 0.328 e. The summed E-state index contributed by atoms with van der Waals surface area (Å²) in [6.45, 7) is 3.39. The van der Waals surface area contributed by atoms with Crippen molar-refractivity contribution in [3.8, 4) is 12.3 Å². The van der Waals surface area contributed by atoms with Gasteiger partial charge in [-0.3, -0.25) is 4.79 Å². The van der Waals surface area contributed by atoms with Gasteiger partial charge in [0.2, 0.25) is 0 Å². The third-order valence-corrected chi connectivity index (χ3v) is 2.74. The Balaban J connectivity index is 2.71. The summed E-state index contributed by atoms with van der Waals surface area (Å²) < 4.78 is 0. The zero-order valence-corrected chi connectivity index (χ0v) is 7.99. The van der Waals surface area contributed by atoms with Gasteiger partial charge in [-0.2, -0.15) is 0 Å². The number of amides is 1. The van der Waals surface area contributed by atoms with Crippen LogP contribution in [0.25, 0.3) is 0 Å². The third-order valence-electron chi connectivity index (χ3n) is 2.74. The number of rotatable bonds is 1. The molecule has 1 rings (SSSR count). The summed E-state index contributed by atoms with van der Waals surface area (Å²) in [4.78, 5) is 13.0. The predicted molar refractivity (Wildman–Crippen MR) is 51.8 cm³/mol. The first-order chi connectivity index (χ1) is 6.20. The van der Waals surface area contributed by atoms with Crippen molar-refractivity contribution in [2.45, 2.75) is 25.8 Å². The maximum absolute atomic E-state index is 11.3. The minimum Gasteiger partial charge on any atom is -0.328 e. The SMILES string of the molecule is C#CC(=O)N1CCCC(C)C1CN. The molecule has 1 fully saturated rings. The molecule has 0 bridgehead atoms. The quantitative estimate of drug-likeness (QED) is 0.586. The van der Waals surface area contributed by atoms with Crippen molar-refractivity contribution >= 4 is 5.91 Å². The van der Waals surface area contributed by atoms with Gasteiger partial charge in [0, 0.05) is 19.1 Å². The van der Waals surface area contributed by atoms with Crippen LogP contribution in [0.3, 0.4) is 0 Å². The molecule has 1 saturated heterocycles. The standard InChI is InChI=1S/C10H16N2O/c1-3-10(13)12-6-4-5-8(2)9(12)7-11/h1,8-9H,4-7,11H2,2H3. The van der Waals surface area contributed by atoms with Gasteiger partial charge >= 0.3 is 0 Å². The molecular weight excluding hydrogens is 164 g/mol. The smallest absolute Gasteiger partial charge is 0.298 e. The molecule has 0 aromatic carbocycles. The van der Waals surface area contributed by atoms with Gasteiger partial charge in [0.15, 0.2) is 0 Å². The fourth-order valence-electron chi connectivity index (χ4n) is 1.94. The monoisotopic (exact) mass is 180 g/mol. The summed E-state index contributed by atoms with van der Waals surface area (Å²) in [6.07, 6.45) is 7.25. The Morgan fingerprint density at radius 2 is 2.46 bits per heavy atom. The number of terminal acetylenes is 1. The van der Waals surface area contributed by atoms with Crippen LogP contribution in [-0.2, 0) is 4.79 Å². The van der Waals surface area contributed by atoms with Crippen LogP contribution in [0.15, 0.2) is 0 Å². The summed E-state index contributed by atoms with van der Waals surface area (Å²) in [7, 11) is 0. The van der Waals surface area contributed by atoms with E-state index < -0.39 is 0 Å². The van der Waals surface area contributed by atoms with Crippen LogP contribution in [0.2, 0.25) is 0 Å². The highest BCUT2D eigenvalue weighted by Gasteiger charge is 2.29. The lowest BCUT2D eigenvalue weighted by Crippen LogP contribution is -2.50. The van der Waals surface area contributed by atoms with Crippen LogP contribution < -0.4 is 5.73 Å². The maximum atomic E-state index is 11.3. The normalized spacial score (nSPS) is 28.2. The van der Waals surface area contributed by atoms with Gasteiger partial charge in [0.1, 0.15) is 0 Å². The first kappa shape index (κ1) is 10.1.